The van der Waals surface area contributed by atoms with Gasteiger partial charge in [-0.2, -0.15) is 0 Å². The van der Waals surface area contributed by atoms with Crippen LogP contribution in [-0.2, 0) is 17.6 Å². The lowest BCUT2D eigenvalue weighted by Gasteiger charge is -2.06. The topological polar surface area (TPSA) is 74.8 Å². The second kappa shape index (κ2) is 7.08. The molecule has 5 nitrogen and oxygen atoms in total. The number of carbonyl (C=O) groups excluding carboxylic acids is 1. The van der Waals surface area contributed by atoms with E-state index in [-0.39, 0.29) is 17.9 Å². The van der Waals surface area contributed by atoms with Crippen LogP contribution < -0.4 is 10.9 Å². The Morgan fingerprint density at radius 1 is 1.12 bits per heavy atom. The SMILES string of the molecule is CCc1ccc(NC(=O)CCc2nc3ccccc3c(=O)[nH]2)cc1. The fourth-order valence-electron chi connectivity index (χ4n) is 2.53. The first-order valence-corrected chi connectivity index (χ1v) is 8.02. The first-order valence-electron chi connectivity index (χ1n) is 8.02. The first kappa shape index (κ1) is 15.9. The number of para-hydroxylation sites is 1. The van der Waals surface area contributed by atoms with E-state index in [1.54, 1.807) is 18.2 Å². The number of hydrogen-bond acceptors (Lipinski definition) is 3. The molecule has 0 aliphatic carbocycles. The molecule has 0 radical (unpaired) electrons. The second-order valence-corrected chi connectivity index (χ2v) is 5.63. The van der Waals surface area contributed by atoms with E-state index in [1.807, 2.05) is 30.3 Å². The Labute approximate surface area is 139 Å². The summed E-state index contributed by atoms with van der Waals surface area (Å²) in [6.07, 6.45) is 1.62. The summed E-state index contributed by atoms with van der Waals surface area (Å²) in [5.74, 6) is 0.422. The van der Waals surface area contributed by atoms with Crippen molar-refractivity contribution >= 4 is 22.5 Å². The number of amides is 1. The highest BCUT2D eigenvalue weighted by molar-refractivity contribution is 5.90. The number of carbonyl (C=O) groups is 1. The van der Waals surface area contributed by atoms with Crippen molar-refractivity contribution in [1.82, 2.24) is 9.97 Å². The molecule has 1 amide bonds. The molecule has 0 aliphatic heterocycles. The van der Waals surface area contributed by atoms with E-state index in [2.05, 4.69) is 22.2 Å². The Kier molecular flexibility index (Phi) is 4.70. The van der Waals surface area contributed by atoms with Crippen molar-refractivity contribution in [2.24, 2.45) is 0 Å². The number of nitrogens with one attached hydrogen (secondary N) is 2. The lowest BCUT2D eigenvalue weighted by molar-refractivity contribution is -0.116. The van der Waals surface area contributed by atoms with Crippen molar-refractivity contribution in [3.63, 3.8) is 0 Å². The number of rotatable bonds is 5. The number of fused-ring (bicyclic) bond motifs is 1. The Hall–Kier alpha value is -2.95. The minimum absolute atomic E-state index is 0.102. The van der Waals surface area contributed by atoms with E-state index in [0.717, 1.165) is 12.1 Å². The van der Waals surface area contributed by atoms with Gasteiger partial charge in [-0.25, -0.2) is 4.98 Å². The van der Waals surface area contributed by atoms with Crippen molar-refractivity contribution in [2.45, 2.75) is 26.2 Å². The van der Waals surface area contributed by atoms with Gasteiger partial charge in [-0.1, -0.05) is 31.2 Å². The van der Waals surface area contributed by atoms with Gasteiger partial charge < -0.3 is 10.3 Å². The third-order valence-corrected chi connectivity index (χ3v) is 3.90. The molecule has 3 rings (SSSR count). The van der Waals surface area contributed by atoms with Crippen molar-refractivity contribution in [1.29, 1.82) is 0 Å². The molecule has 122 valence electrons. The quantitative estimate of drug-likeness (QED) is 0.758. The van der Waals surface area contributed by atoms with E-state index in [9.17, 15) is 9.59 Å². The largest absolute Gasteiger partial charge is 0.326 e. The Morgan fingerprint density at radius 2 is 1.88 bits per heavy atom. The molecule has 2 aromatic carbocycles. The highest BCUT2D eigenvalue weighted by atomic mass is 16.1. The number of benzene rings is 2. The second-order valence-electron chi connectivity index (χ2n) is 5.63. The van der Waals surface area contributed by atoms with Crippen LogP contribution >= 0.6 is 0 Å². The molecule has 0 saturated heterocycles. The van der Waals surface area contributed by atoms with Gasteiger partial charge in [0.15, 0.2) is 0 Å². The third kappa shape index (κ3) is 3.68. The molecular weight excluding hydrogens is 302 g/mol. The fourth-order valence-corrected chi connectivity index (χ4v) is 2.53. The molecule has 1 aromatic heterocycles. The smallest absolute Gasteiger partial charge is 0.258 e. The predicted octanol–water partition coefficient (Wildman–Crippen LogP) is 3.06. The summed E-state index contributed by atoms with van der Waals surface area (Å²) in [4.78, 5) is 31.2. The summed E-state index contributed by atoms with van der Waals surface area (Å²) in [6.45, 7) is 2.09. The van der Waals surface area contributed by atoms with E-state index in [1.165, 1.54) is 5.56 Å². The Bertz CT molecular complexity index is 914. The average Bonchev–Trinajstić information content (AvgIpc) is 2.61. The summed E-state index contributed by atoms with van der Waals surface area (Å²) in [7, 11) is 0. The average molecular weight is 321 g/mol. The van der Waals surface area contributed by atoms with Crippen molar-refractivity contribution < 1.29 is 4.79 Å². The number of anilines is 1. The van der Waals surface area contributed by atoms with Crippen LogP contribution in [0.2, 0.25) is 0 Å². The number of aromatic amines is 1. The molecule has 0 spiro atoms. The number of H-pyrrole nitrogens is 1. The minimum atomic E-state index is -0.175. The summed E-state index contributed by atoms with van der Waals surface area (Å²) in [5, 5.41) is 3.41. The lowest BCUT2D eigenvalue weighted by atomic mass is 10.1. The van der Waals surface area contributed by atoms with E-state index >= 15 is 0 Å². The van der Waals surface area contributed by atoms with Gasteiger partial charge in [0, 0.05) is 18.5 Å². The molecule has 0 unspecified atom stereocenters. The maximum absolute atomic E-state index is 12.1. The van der Waals surface area contributed by atoms with Crippen LogP contribution in [0.1, 0.15) is 24.7 Å². The normalized spacial score (nSPS) is 10.7. The molecule has 0 bridgehead atoms. The van der Waals surface area contributed by atoms with Crippen LogP contribution in [0.25, 0.3) is 10.9 Å². The molecule has 5 heteroatoms. The predicted molar refractivity (Wildman–Crippen MR) is 95.1 cm³/mol. The van der Waals surface area contributed by atoms with Crippen LogP contribution in [0, 0.1) is 0 Å². The maximum Gasteiger partial charge on any atom is 0.258 e. The zero-order chi connectivity index (χ0) is 16.9. The van der Waals surface area contributed by atoms with Crippen LogP contribution in [0.4, 0.5) is 5.69 Å². The van der Waals surface area contributed by atoms with Crippen LogP contribution in [-0.4, -0.2) is 15.9 Å². The highest BCUT2D eigenvalue weighted by Gasteiger charge is 2.07. The van der Waals surface area contributed by atoms with Crippen molar-refractivity contribution in [3.8, 4) is 0 Å². The fraction of sp³-hybridized carbons (Fsp3) is 0.211. The molecule has 24 heavy (non-hydrogen) atoms. The zero-order valence-electron chi connectivity index (χ0n) is 13.5. The lowest BCUT2D eigenvalue weighted by Crippen LogP contribution is -2.16. The number of aromatic nitrogens is 2. The Balaban J connectivity index is 1.64. The van der Waals surface area contributed by atoms with E-state index < -0.39 is 0 Å². The summed E-state index contributed by atoms with van der Waals surface area (Å²) in [6, 6.07) is 15.0. The molecule has 0 aliphatic rings. The minimum Gasteiger partial charge on any atom is -0.326 e. The van der Waals surface area contributed by atoms with E-state index in [0.29, 0.717) is 23.1 Å². The van der Waals surface area contributed by atoms with Gasteiger partial charge in [0.25, 0.3) is 5.56 Å². The molecule has 0 saturated carbocycles. The molecule has 0 atom stereocenters. The molecular formula is C19H19N3O2. The third-order valence-electron chi connectivity index (χ3n) is 3.90. The van der Waals surface area contributed by atoms with Crippen LogP contribution in [0.5, 0.6) is 0 Å². The number of nitrogens with zero attached hydrogens (tertiary/aromatic N) is 1. The summed E-state index contributed by atoms with van der Waals surface area (Å²) in [5.41, 5.74) is 2.47. The highest BCUT2D eigenvalue weighted by Crippen LogP contribution is 2.11. The van der Waals surface area contributed by atoms with Crippen LogP contribution in [0.3, 0.4) is 0 Å². The summed E-state index contributed by atoms with van der Waals surface area (Å²) >= 11 is 0. The standard InChI is InChI=1S/C19H19N3O2/c1-2-13-7-9-14(10-8-13)20-18(23)12-11-17-21-16-6-4-3-5-15(16)19(24)22-17/h3-10H,2,11-12H2,1H3,(H,20,23)(H,21,22,24). The molecule has 0 fully saturated rings. The van der Waals surface area contributed by atoms with Gasteiger partial charge in [-0.3, -0.25) is 9.59 Å². The molecule has 2 N–H and O–H groups in total. The zero-order valence-corrected chi connectivity index (χ0v) is 13.5. The number of aryl methyl sites for hydroxylation is 2. The maximum atomic E-state index is 12.1. The van der Waals surface area contributed by atoms with Gasteiger partial charge in [0.2, 0.25) is 5.91 Å². The van der Waals surface area contributed by atoms with Gasteiger partial charge in [0.1, 0.15) is 5.82 Å². The van der Waals surface area contributed by atoms with Crippen molar-refractivity contribution in [3.05, 3.63) is 70.3 Å². The van der Waals surface area contributed by atoms with Crippen molar-refractivity contribution in [2.75, 3.05) is 5.32 Å². The first-order chi connectivity index (χ1) is 11.7. The van der Waals surface area contributed by atoms with E-state index in [4.69, 9.17) is 0 Å². The molecule has 1 heterocycles. The monoisotopic (exact) mass is 321 g/mol. The van der Waals surface area contributed by atoms with Gasteiger partial charge in [-0.15, -0.1) is 0 Å². The van der Waals surface area contributed by atoms with Gasteiger partial charge >= 0.3 is 0 Å². The van der Waals surface area contributed by atoms with Crippen LogP contribution in [0.15, 0.2) is 53.3 Å². The Morgan fingerprint density at radius 3 is 2.62 bits per heavy atom. The number of hydrogen-bond donors (Lipinski definition) is 2. The van der Waals surface area contributed by atoms with Gasteiger partial charge in [-0.05, 0) is 36.2 Å². The van der Waals surface area contributed by atoms with Gasteiger partial charge in [0.05, 0.1) is 10.9 Å². The summed E-state index contributed by atoms with van der Waals surface area (Å²) < 4.78 is 0. The molecule has 3 aromatic rings.